The summed E-state index contributed by atoms with van der Waals surface area (Å²) in [6.07, 6.45) is 6.60. The highest BCUT2D eigenvalue weighted by Crippen LogP contribution is 2.29. The Morgan fingerprint density at radius 3 is 2.58 bits per heavy atom. The van der Waals surface area contributed by atoms with Crippen LogP contribution in [0.4, 0.5) is 0 Å². The summed E-state index contributed by atoms with van der Waals surface area (Å²) < 4.78 is 4.53. The van der Waals surface area contributed by atoms with E-state index in [0.717, 1.165) is 0 Å². The molecule has 1 aliphatic carbocycles. The van der Waals surface area contributed by atoms with Gasteiger partial charge >= 0.3 is 0 Å². The number of hydrogen-bond donors (Lipinski definition) is 0. The van der Waals surface area contributed by atoms with Gasteiger partial charge in [-0.25, -0.2) is 0 Å². The number of rotatable bonds is 0. The molecule has 62 valence electrons. The highest BCUT2D eigenvalue weighted by Gasteiger charge is 2.40. The van der Waals surface area contributed by atoms with E-state index in [2.05, 4.69) is 43.7 Å². The Balaban J connectivity index is 2.43. The first-order valence-electron chi connectivity index (χ1n) is 4.44. The summed E-state index contributed by atoms with van der Waals surface area (Å²) in [6, 6.07) is 0. The van der Waals surface area contributed by atoms with Crippen molar-refractivity contribution < 1.29 is 0 Å². The molecule has 1 nitrogen and oxygen atoms in total. The van der Waals surface area contributed by atoms with Gasteiger partial charge in [-0.15, -0.1) is 4.67 Å². The Labute approximate surface area is 73.2 Å². The second-order valence-electron chi connectivity index (χ2n) is 3.69. The van der Waals surface area contributed by atoms with Gasteiger partial charge in [0, 0.05) is 13.8 Å². The standard InChI is InChI=1S/C11H14N/c1-7-5-4-6-10-8(2)12-9(3)11(7)10/h4-6,10-11H,1-3H3/q+1. The van der Waals surface area contributed by atoms with Crippen molar-refractivity contribution >= 4 is 11.4 Å². The maximum Gasteiger partial charge on any atom is 0.285 e. The van der Waals surface area contributed by atoms with Crippen molar-refractivity contribution in [1.29, 1.82) is 0 Å². The number of nitrogens with zero attached hydrogens (tertiary/aromatic N) is 1. The molecule has 1 aliphatic heterocycles. The Kier molecular flexibility index (Phi) is 1.55. The van der Waals surface area contributed by atoms with Gasteiger partial charge in [-0.1, -0.05) is 23.8 Å². The minimum atomic E-state index is 0.551. The van der Waals surface area contributed by atoms with Crippen molar-refractivity contribution in [2.75, 3.05) is 0 Å². The van der Waals surface area contributed by atoms with Gasteiger partial charge in [0.25, 0.3) is 11.4 Å². The lowest BCUT2D eigenvalue weighted by atomic mass is 9.80. The summed E-state index contributed by atoms with van der Waals surface area (Å²) in [7, 11) is 0. The fraction of sp³-hybridized carbons (Fsp3) is 0.455. The zero-order valence-electron chi connectivity index (χ0n) is 7.83. The van der Waals surface area contributed by atoms with Crippen LogP contribution < -0.4 is 4.67 Å². The van der Waals surface area contributed by atoms with Gasteiger partial charge in [0.15, 0.2) is 0 Å². The van der Waals surface area contributed by atoms with Crippen molar-refractivity contribution in [2.24, 2.45) is 11.8 Å². The number of allylic oxidation sites excluding steroid dienone is 4. The summed E-state index contributed by atoms with van der Waals surface area (Å²) in [5.41, 5.74) is 3.98. The molecule has 0 spiro atoms. The second kappa shape index (κ2) is 2.46. The average Bonchev–Trinajstić information content (AvgIpc) is 2.29. The minimum Gasteiger partial charge on any atom is -0.103 e. The van der Waals surface area contributed by atoms with E-state index >= 15 is 0 Å². The molecule has 0 saturated carbocycles. The summed E-state index contributed by atoms with van der Waals surface area (Å²) in [4.78, 5) is 0. The molecule has 2 rings (SSSR count). The molecule has 0 aromatic carbocycles. The predicted octanol–water partition coefficient (Wildman–Crippen LogP) is 1.74. The molecule has 2 aliphatic rings. The molecule has 0 aromatic rings. The molecule has 0 radical (unpaired) electrons. The summed E-state index contributed by atoms with van der Waals surface area (Å²) in [5, 5.41) is 0. The third kappa shape index (κ3) is 0.904. The van der Waals surface area contributed by atoms with Crippen molar-refractivity contribution in [3.63, 3.8) is 0 Å². The second-order valence-corrected chi connectivity index (χ2v) is 3.69. The monoisotopic (exact) mass is 160 g/mol. The smallest absolute Gasteiger partial charge is 0.103 e. The molecular weight excluding hydrogens is 146 g/mol. The first kappa shape index (κ1) is 7.57. The molecule has 0 fully saturated rings. The molecule has 2 unspecified atom stereocenters. The van der Waals surface area contributed by atoms with Crippen LogP contribution in [0.15, 0.2) is 23.8 Å². The van der Waals surface area contributed by atoms with Crippen molar-refractivity contribution in [3.05, 3.63) is 23.8 Å². The topological polar surface area (TPSA) is 14.1 Å². The van der Waals surface area contributed by atoms with Crippen LogP contribution in [-0.4, -0.2) is 11.4 Å². The third-order valence-electron chi connectivity index (χ3n) is 2.81. The van der Waals surface area contributed by atoms with E-state index in [1.165, 1.54) is 17.0 Å². The van der Waals surface area contributed by atoms with Crippen LogP contribution in [0.5, 0.6) is 0 Å². The third-order valence-corrected chi connectivity index (χ3v) is 2.81. The molecule has 0 aromatic heterocycles. The van der Waals surface area contributed by atoms with Gasteiger partial charge in [-0.2, -0.15) is 0 Å². The maximum atomic E-state index is 4.53. The highest BCUT2D eigenvalue weighted by molar-refractivity contribution is 6.03. The van der Waals surface area contributed by atoms with Gasteiger partial charge in [-0.05, 0) is 6.92 Å². The van der Waals surface area contributed by atoms with Gasteiger partial charge < -0.3 is 0 Å². The van der Waals surface area contributed by atoms with Gasteiger partial charge in [0.2, 0.25) is 0 Å². The van der Waals surface area contributed by atoms with E-state index in [9.17, 15) is 0 Å². The zero-order valence-corrected chi connectivity index (χ0v) is 7.83. The molecular formula is C11H14N+. The van der Waals surface area contributed by atoms with E-state index < -0.39 is 0 Å². The Bertz CT molecular complexity index is 338. The Hall–Kier alpha value is -1.07. The molecule has 1 heteroatoms. The van der Waals surface area contributed by atoms with Gasteiger partial charge in [0.05, 0.1) is 11.8 Å². The molecule has 1 heterocycles. The first-order valence-corrected chi connectivity index (χ1v) is 4.44. The van der Waals surface area contributed by atoms with Crippen molar-refractivity contribution in [2.45, 2.75) is 20.8 Å². The predicted molar refractivity (Wildman–Crippen MR) is 53.4 cm³/mol. The van der Waals surface area contributed by atoms with Crippen LogP contribution in [-0.2, 0) is 0 Å². The molecule has 0 saturated heterocycles. The lowest BCUT2D eigenvalue weighted by Gasteiger charge is -2.15. The largest absolute Gasteiger partial charge is 0.285 e. The fourth-order valence-corrected chi connectivity index (χ4v) is 2.22. The quantitative estimate of drug-likeness (QED) is 0.479. The van der Waals surface area contributed by atoms with E-state index in [-0.39, 0.29) is 0 Å². The average molecular weight is 160 g/mol. The van der Waals surface area contributed by atoms with Crippen LogP contribution >= 0.6 is 0 Å². The van der Waals surface area contributed by atoms with E-state index in [1.807, 2.05) is 0 Å². The van der Waals surface area contributed by atoms with Crippen LogP contribution in [0.2, 0.25) is 0 Å². The van der Waals surface area contributed by atoms with Crippen LogP contribution in [0.3, 0.4) is 0 Å². The van der Waals surface area contributed by atoms with Crippen LogP contribution in [0.25, 0.3) is 0 Å². The van der Waals surface area contributed by atoms with Crippen molar-refractivity contribution in [3.8, 4) is 0 Å². The van der Waals surface area contributed by atoms with Gasteiger partial charge in [-0.3, -0.25) is 0 Å². The fourth-order valence-electron chi connectivity index (χ4n) is 2.22. The first-order chi connectivity index (χ1) is 5.70. The molecule has 0 bridgehead atoms. The van der Waals surface area contributed by atoms with Crippen LogP contribution in [0.1, 0.15) is 20.8 Å². The molecule has 2 atom stereocenters. The summed E-state index contributed by atoms with van der Waals surface area (Å²) in [5.74, 6) is 1.12. The Morgan fingerprint density at radius 2 is 1.92 bits per heavy atom. The van der Waals surface area contributed by atoms with Crippen LogP contribution in [0, 0.1) is 11.8 Å². The zero-order chi connectivity index (χ0) is 8.72. The maximum absolute atomic E-state index is 4.53. The summed E-state index contributed by atoms with van der Waals surface area (Å²) >= 11 is 0. The lowest BCUT2D eigenvalue weighted by molar-refractivity contribution is 0.713. The van der Waals surface area contributed by atoms with Gasteiger partial charge in [0.1, 0.15) is 0 Å². The SMILES string of the molecule is CC1=CC=CC2C(C)=[N+]=C(C)C12. The number of fused-ring (bicyclic) bond motifs is 1. The molecule has 12 heavy (non-hydrogen) atoms. The normalized spacial score (nSPS) is 32.4. The summed E-state index contributed by atoms with van der Waals surface area (Å²) in [6.45, 7) is 6.44. The number of hydrogen-bond acceptors (Lipinski definition) is 0. The van der Waals surface area contributed by atoms with E-state index in [4.69, 9.17) is 0 Å². The highest BCUT2D eigenvalue weighted by atomic mass is 14.7. The van der Waals surface area contributed by atoms with E-state index in [0.29, 0.717) is 11.8 Å². The molecule has 0 N–H and O–H groups in total. The minimum absolute atomic E-state index is 0.551. The molecule has 0 amide bonds. The van der Waals surface area contributed by atoms with E-state index in [1.54, 1.807) is 0 Å². The van der Waals surface area contributed by atoms with Crippen molar-refractivity contribution in [1.82, 2.24) is 4.67 Å². The lowest BCUT2D eigenvalue weighted by Crippen LogP contribution is -2.22. The Morgan fingerprint density at radius 1 is 1.17 bits per heavy atom.